The van der Waals surface area contributed by atoms with Crippen LogP contribution >= 0.6 is 0 Å². The second-order valence-corrected chi connectivity index (χ2v) is 3.39. The van der Waals surface area contributed by atoms with Gasteiger partial charge in [0.1, 0.15) is 0 Å². The molecule has 0 aliphatic heterocycles. The monoisotopic (exact) mass is 220 g/mol. The topological polar surface area (TPSA) is 61.9 Å². The molecule has 0 aliphatic rings. The number of ether oxygens (including phenoxy) is 1. The largest absolute Gasteiger partial charge is 0.480 e. The third kappa shape index (κ3) is 2.10. The van der Waals surface area contributed by atoms with Crippen molar-refractivity contribution in [3.05, 3.63) is 40.4 Å². The lowest BCUT2D eigenvalue weighted by molar-refractivity contribution is 0.379. The lowest BCUT2D eigenvalue weighted by atomic mass is 10.3. The molecule has 0 aromatic carbocycles. The first-order valence-electron chi connectivity index (χ1n) is 4.79. The van der Waals surface area contributed by atoms with E-state index in [0.717, 1.165) is 5.56 Å². The average molecular weight is 220 g/mol. The first-order valence-corrected chi connectivity index (χ1v) is 4.79. The normalized spacial score (nSPS) is 10.4. The van der Waals surface area contributed by atoms with Crippen molar-refractivity contribution in [3.63, 3.8) is 0 Å². The summed E-state index contributed by atoms with van der Waals surface area (Å²) in [4.78, 5) is 11.5. The number of hydrogen-bond donors (Lipinski definition) is 0. The predicted molar refractivity (Wildman–Crippen MR) is 57.4 cm³/mol. The van der Waals surface area contributed by atoms with Gasteiger partial charge in [0.2, 0.25) is 5.88 Å². The predicted octanol–water partition coefficient (Wildman–Crippen LogP) is 0.0337. The molecule has 0 radical (unpaired) electrons. The van der Waals surface area contributed by atoms with E-state index in [-0.39, 0.29) is 5.56 Å². The Morgan fingerprint density at radius 2 is 2.25 bits per heavy atom. The number of rotatable bonds is 3. The fourth-order valence-electron chi connectivity index (χ4n) is 1.38. The zero-order chi connectivity index (χ0) is 11.5. The van der Waals surface area contributed by atoms with Crippen LogP contribution in [0.25, 0.3) is 0 Å². The van der Waals surface area contributed by atoms with Gasteiger partial charge in [0.25, 0.3) is 5.56 Å². The lowest BCUT2D eigenvalue weighted by Gasteiger charge is -2.04. The Kier molecular flexibility index (Phi) is 2.72. The number of hydrogen-bond acceptors (Lipinski definition) is 4. The van der Waals surface area contributed by atoms with E-state index in [9.17, 15) is 4.79 Å². The van der Waals surface area contributed by atoms with Crippen LogP contribution in [-0.2, 0) is 13.6 Å². The summed E-state index contributed by atoms with van der Waals surface area (Å²) in [5, 5.41) is 8.07. The third-order valence-electron chi connectivity index (χ3n) is 2.14. The highest BCUT2D eigenvalue weighted by Gasteiger charge is 2.03. The van der Waals surface area contributed by atoms with Crippen molar-refractivity contribution in [2.24, 2.45) is 7.05 Å². The summed E-state index contributed by atoms with van der Waals surface area (Å²) in [7, 11) is 3.34. The SMILES string of the molecule is COc1ccc(=O)n(Cc2cnn(C)c2)n1. The second-order valence-electron chi connectivity index (χ2n) is 3.39. The van der Waals surface area contributed by atoms with Crippen molar-refractivity contribution >= 4 is 0 Å². The molecule has 0 bridgehead atoms. The van der Waals surface area contributed by atoms with Gasteiger partial charge in [-0.25, -0.2) is 4.68 Å². The fourth-order valence-corrected chi connectivity index (χ4v) is 1.38. The Morgan fingerprint density at radius 3 is 2.88 bits per heavy atom. The molecule has 0 aliphatic carbocycles. The van der Waals surface area contributed by atoms with Gasteiger partial charge in [0, 0.05) is 30.9 Å². The molecule has 0 N–H and O–H groups in total. The minimum atomic E-state index is -0.162. The third-order valence-corrected chi connectivity index (χ3v) is 2.14. The van der Waals surface area contributed by atoms with E-state index in [1.807, 2.05) is 13.2 Å². The first-order chi connectivity index (χ1) is 7.69. The summed E-state index contributed by atoms with van der Waals surface area (Å²) in [5.74, 6) is 0.420. The van der Waals surface area contributed by atoms with Crippen LogP contribution in [-0.4, -0.2) is 26.7 Å². The van der Waals surface area contributed by atoms with Crippen molar-refractivity contribution in [2.45, 2.75) is 6.54 Å². The van der Waals surface area contributed by atoms with Gasteiger partial charge in [0.05, 0.1) is 19.9 Å². The highest BCUT2D eigenvalue weighted by molar-refractivity contribution is 5.09. The highest BCUT2D eigenvalue weighted by Crippen LogP contribution is 2.02. The van der Waals surface area contributed by atoms with Crippen LogP contribution in [0.2, 0.25) is 0 Å². The first kappa shape index (κ1) is 10.4. The maximum absolute atomic E-state index is 11.5. The zero-order valence-electron chi connectivity index (χ0n) is 9.12. The van der Waals surface area contributed by atoms with Gasteiger partial charge in [-0.3, -0.25) is 9.48 Å². The Balaban J connectivity index is 2.30. The minimum absolute atomic E-state index is 0.162. The molecule has 2 heterocycles. The molecule has 2 rings (SSSR count). The van der Waals surface area contributed by atoms with Crippen molar-refractivity contribution in [1.82, 2.24) is 19.6 Å². The summed E-state index contributed by atoms with van der Waals surface area (Å²) >= 11 is 0. The lowest BCUT2D eigenvalue weighted by Crippen LogP contribution is -2.22. The average Bonchev–Trinajstić information content (AvgIpc) is 2.67. The molecule has 0 amide bonds. The smallest absolute Gasteiger partial charge is 0.267 e. The molecule has 84 valence electrons. The quantitative estimate of drug-likeness (QED) is 0.732. The molecule has 16 heavy (non-hydrogen) atoms. The summed E-state index contributed by atoms with van der Waals surface area (Å²) in [5.41, 5.74) is 0.759. The van der Waals surface area contributed by atoms with E-state index in [2.05, 4.69) is 10.2 Å². The summed E-state index contributed by atoms with van der Waals surface area (Å²) in [6, 6.07) is 2.98. The molecular weight excluding hydrogens is 208 g/mol. The molecular formula is C10H12N4O2. The van der Waals surface area contributed by atoms with Gasteiger partial charge in [-0.15, -0.1) is 5.10 Å². The number of aromatic nitrogens is 4. The number of methoxy groups -OCH3 is 1. The van der Waals surface area contributed by atoms with E-state index >= 15 is 0 Å². The van der Waals surface area contributed by atoms with E-state index in [4.69, 9.17) is 4.74 Å². The van der Waals surface area contributed by atoms with Gasteiger partial charge in [-0.05, 0) is 0 Å². The number of aryl methyl sites for hydroxylation is 1. The fraction of sp³-hybridized carbons (Fsp3) is 0.300. The minimum Gasteiger partial charge on any atom is -0.480 e. The van der Waals surface area contributed by atoms with Crippen LogP contribution in [0.1, 0.15) is 5.56 Å². The molecule has 0 fully saturated rings. The summed E-state index contributed by atoms with van der Waals surface area (Å²) in [6.45, 7) is 0.393. The Bertz CT molecular complexity index is 544. The Morgan fingerprint density at radius 1 is 1.44 bits per heavy atom. The molecule has 6 heteroatoms. The van der Waals surface area contributed by atoms with Crippen LogP contribution in [0.5, 0.6) is 5.88 Å². The second kappa shape index (κ2) is 4.18. The van der Waals surface area contributed by atoms with Gasteiger partial charge < -0.3 is 4.74 Å². The van der Waals surface area contributed by atoms with Crippen molar-refractivity contribution in [3.8, 4) is 5.88 Å². The van der Waals surface area contributed by atoms with Crippen molar-refractivity contribution in [2.75, 3.05) is 7.11 Å². The molecule has 2 aromatic heterocycles. The Labute approximate surface area is 92.1 Å². The molecule has 0 spiro atoms. The molecule has 2 aromatic rings. The summed E-state index contributed by atoms with van der Waals surface area (Å²) in [6.07, 6.45) is 3.54. The van der Waals surface area contributed by atoms with Gasteiger partial charge >= 0.3 is 0 Å². The van der Waals surface area contributed by atoms with E-state index < -0.39 is 0 Å². The van der Waals surface area contributed by atoms with E-state index in [1.54, 1.807) is 16.9 Å². The Hall–Kier alpha value is -2.11. The van der Waals surface area contributed by atoms with Crippen LogP contribution < -0.4 is 10.3 Å². The van der Waals surface area contributed by atoms with Crippen LogP contribution in [0, 0.1) is 0 Å². The maximum atomic E-state index is 11.5. The van der Waals surface area contributed by atoms with Crippen molar-refractivity contribution in [1.29, 1.82) is 0 Å². The molecule has 0 saturated heterocycles. The molecule has 0 atom stereocenters. The molecule has 0 unspecified atom stereocenters. The van der Waals surface area contributed by atoms with Crippen LogP contribution in [0.3, 0.4) is 0 Å². The van der Waals surface area contributed by atoms with E-state index in [1.165, 1.54) is 17.9 Å². The van der Waals surface area contributed by atoms with Gasteiger partial charge in [-0.1, -0.05) is 0 Å². The van der Waals surface area contributed by atoms with Crippen LogP contribution in [0.4, 0.5) is 0 Å². The molecule has 0 saturated carbocycles. The van der Waals surface area contributed by atoms with E-state index in [0.29, 0.717) is 12.4 Å². The van der Waals surface area contributed by atoms with Gasteiger partial charge in [-0.2, -0.15) is 5.10 Å². The maximum Gasteiger partial charge on any atom is 0.267 e. The standard InChI is InChI=1S/C10H12N4O2/c1-13-6-8(5-11-13)7-14-10(15)4-3-9(12-14)16-2/h3-6H,7H2,1-2H3. The zero-order valence-corrected chi connectivity index (χ0v) is 9.12. The number of nitrogens with zero attached hydrogens (tertiary/aromatic N) is 4. The molecule has 6 nitrogen and oxygen atoms in total. The van der Waals surface area contributed by atoms with Crippen LogP contribution in [0.15, 0.2) is 29.3 Å². The van der Waals surface area contributed by atoms with Crippen molar-refractivity contribution < 1.29 is 4.74 Å². The van der Waals surface area contributed by atoms with Gasteiger partial charge in [0.15, 0.2) is 0 Å². The summed E-state index contributed by atoms with van der Waals surface area (Å²) < 4.78 is 7.99. The highest BCUT2D eigenvalue weighted by atomic mass is 16.5.